The van der Waals surface area contributed by atoms with Crippen LogP contribution in [0.25, 0.3) is 10.2 Å². The van der Waals surface area contributed by atoms with E-state index < -0.39 is 0 Å². The van der Waals surface area contributed by atoms with E-state index in [1.807, 2.05) is 11.8 Å². The number of thiophene rings is 1. The summed E-state index contributed by atoms with van der Waals surface area (Å²) < 4.78 is 7.64. The van der Waals surface area contributed by atoms with Gasteiger partial charge in [0.2, 0.25) is 0 Å². The zero-order chi connectivity index (χ0) is 21.7. The number of hydrogen-bond acceptors (Lipinski definition) is 6. The van der Waals surface area contributed by atoms with Gasteiger partial charge in [-0.15, -0.1) is 11.3 Å². The average Bonchev–Trinajstić information content (AvgIpc) is 3.32. The molecule has 8 heteroatoms. The van der Waals surface area contributed by atoms with Crippen molar-refractivity contribution in [3.63, 3.8) is 0 Å². The molecule has 0 aliphatic carbocycles. The highest BCUT2D eigenvalue weighted by Crippen LogP contribution is 2.31. The largest absolute Gasteiger partial charge is 0.373 e. The number of fused-ring (bicyclic) bond motifs is 2. The Labute approximate surface area is 187 Å². The standard InChI is InChI=1S/C23H32N4O3S/c1-14-11-25(12-15(2)30-14)13-17-6-9-26(10-7-17)23(29)20-16(3)19-21(31-20)24-18-5-4-8-27(18)22(19)28/h14-15,17H,4-13H2,1-3H3. The Morgan fingerprint density at radius 1 is 1.16 bits per heavy atom. The van der Waals surface area contributed by atoms with Gasteiger partial charge in [-0.25, -0.2) is 4.98 Å². The van der Waals surface area contributed by atoms with Crippen LogP contribution in [0.1, 0.15) is 54.2 Å². The van der Waals surface area contributed by atoms with Gasteiger partial charge in [0.05, 0.1) is 22.5 Å². The van der Waals surface area contributed by atoms with Gasteiger partial charge >= 0.3 is 0 Å². The number of nitrogens with zero attached hydrogens (tertiary/aromatic N) is 4. The predicted octanol–water partition coefficient (Wildman–Crippen LogP) is 2.67. The number of ether oxygens (including phenoxy) is 1. The highest BCUT2D eigenvalue weighted by molar-refractivity contribution is 7.20. The van der Waals surface area contributed by atoms with Crippen molar-refractivity contribution in [1.82, 2.24) is 19.4 Å². The molecule has 2 atom stereocenters. The quantitative estimate of drug-likeness (QED) is 0.728. The smallest absolute Gasteiger partial charge is 0.264 e. The van der Waals surface area contributed by atoms with Gasteiger partial charge in [0.15, 0.2) is 0 Å². The molecule has 5 rings (SSSR count). The first-order chi connectivity index (χ1) is 14.9. The molecule has 0 spiro atoms. The van der Waals surface area contributed by atoms with Crippen LogP contribution in [0, 0.1) is 12.8 Å². The Kier molecular flexibility index (Phi) is 5.65. The van der Waals surface area contributed by atoms with Crippen LogP contribution in [-0.2, 0) is 17.7 Å². The minimum atomic E-state index is 0.0259. The zero-order valence-corrected chi connectivity index (χ0v) is 19.5. The van der Waals surface area contributed by atoms with Crippen molar-refractivity contribution in [2.24, 2.45) is 5.92 Å². The van der Waals surface area contributed by atoms with Crippen molar-refractivity contribution in [1.29, 1.82) is 0 Å². The highest BCUT2D eigenvalue weighted by Gasteiger charge is 2.30. The number of rotatable bonds is 3. The van der Waals surface area contributed by atoms with Crippen LogP contribution in [-0.4, -0.2) is 70.2 Å². The molecule has 0 aromatic carbocycles. The van der Waals surface area contributed by atoms with Gasteiger partial charge in [-0.1, -0.05) is 0 Å². The lowest BCUT2D eigenvalue weighted by Gasteiger charge is -2.39. The number of likely N-dealkylation sites (tertiary alicyclic amines) is 1. The number of carbonyl (C=O) groups excluding carboxylic acids is 1. The summed E-state index contributed by atoms with van der Waals surface area (Å²) in [4.78, 5) is 36.9. The Morgan fingerprint density at radius 2 is 1.87 bits per heavy atom. The maximum Gasteiger partial charge on any atom is 0.264 e. The molecule has 2 saturated heterocycles. The minimum Gasteiger partial charge on any atom is -0.373 e. The molecule has 168 valence electrons. The second-order valence-corrected chi connectivity index (χ2v) is 10.5. The Morgan fingerprint density at radius 3 is 2.58 bits per heavy atom. The number of carbonyl (C=O) groups is 1. The SMILES string of the molecule is Cc1c(C(=O)N2CCC(CN3CC(C)OC(C)C3)CC2)sc2nc3n(c(=O)c12)CCC3. The molecule has 1 amide bonds. The van der Waals surface area contributed by atoms with Gasteiger partial charge in [-0.2, -0.15) is 0 Å². The second-order valence-electron chi connectivity index (χ2n) is 9.54. The average molecular weight is 445 g/mol. The molecule has 2 aromatic rings. The van der Waals surface area contributed by atoms with E-state index in [0.29, 0.717) is 28.4 Å². The fraction of sp³-hybridized carbons (Fsp3) is 0.696. The summed E-state index contributed by atoms with van der Waals surface area (Å²) in [6.45, 7) is 11.6. The van der Waals surface area contributed by atoms with Crippen molar-refractivity contribution in [3.05, 3.63) is 26.6 Å². The molecule has 3 aliphatic rings. The molecule has 2 fully saturated rings. The predicted molar refractivity (Wildman–Crippen MR) is 122 cm³/mol. The summed E-state index contributed by atoms with van der Waals surface area (Å²) in [5.74, 6) is 1.56. The van der Waals surface area contributed by atoms with Crippen LogP contribution in [0.2, 0.25) is 0 Å². The van der Waals surface area contributed by atoms with Crippen molar-refractivity contribution < 1.29 is 9.53 Å². The molecule has 0 saturated carbocycles. The van der Waals surface area contributed by atoms with Gasteiger partial charge in [-0.3, -0.25) is 19.1 Å². The molecule has 2 unspecified atom stereocenters. The molecule has 2 aromatic heterocycles. The van der Waals surface area contributed by atoms with E-state index in [1.165, 1.54) is 11.3 Å². The fourth-order valence-electron chi connectivity index (χ4n) is 5.54. The molecular weight excluding hydrogens is 412 g/mol. The van der Waals surface area contributed by atoms with Crippen LogP contribution >= 0.6 is 11.3 Å². The maximum absolute atomic E-state index is 13.3. The number of hydrogen-bond donors (Lipinski definition) is 0. The van der Waals surface area contributed by atoms with Crippen LogP contribution in [0.4, 0.5) is 0 Å². The molecule has 0 N–H and O–H groups in total. The lowest BCUT2D eigenvalue weighted by Crippen LogP contribution is -2.48. The van der Waals surface area contributed by atoms with E-state index in [1.54, 1.807) is 4.57 Å². The number of amides is 1. The fourth-order valence-corrected chi connectivity index (χ4v) is 6.70. The Hall–Kier alpha value is -1.77. The summed E-state index contributed by atoms with van der Waals surface area (Å²) in [5.41, 5.74) is 0.834. The molecule has 5 heterocycles. The molecule has 3 aliphatic heterocycles. The van der Waals surface area contributed by atoms with Gasteiger partial charge < -0.3 is 9.64 Å². The molecule has 0 bridgehead atoms. The van der Waals surface area contributed by atoms with E-state index in [0.717, 1.165) is 81.2 Å². The third-order valence-electron chi connectivity index (χ3n) is 7.02. The molecular formula is C23H32N4O3S. The van der Waals surface area contributed by atoms with Gasteiger partial charge in [-0.05, 0) is 51.5 Å². The number of aromatic nitrogens is 2. The second kappa shape index (κ2) is 8.30. The van der Waals surface area contributed by atoms with Crippen molar-refractivity contribution in [3.8, 4) is 0 Å². The molecule has 31 heavy (non-hydrogen) atoms. The minimum absolute atomic E-state index is 0.0259. The number of aryl methyl sites for hydroxylation is 2. The lowest BCUT2D eigenvalue weighted by atomic mass is 9.95. The van der Waals surface area contributed by atoms with E-state index in [-0.39, 0.29) is 11.5 Å². The van der Waals surface area contributed by atoms with Crippen molar-refractivity contribution in [2.45, 2.75) is 65.2 Å². The molecule has 7 nitrogen and oxygen atoms in total. The first-order valence-corrected chi connectivity index (χ1v) is 12.4. The van der Waals surface area contributed by atoms with Crippen molar-refractivity contribution >= 4 is 27.5 Å². The summed E-state index contributed by atoms with van der Waals surface area (Å²) in [5, 5.41) is 0.643. The Balaban J connectivity index is 1.27. The summed E-state index contributed by atoms with van der Waals surface area (Å²) in [6.07, 6.45) is 4.47. The third-order valence-corrected chi connectivity index (χ3v) is 8.19. The monoisotopic (exact) mass is 444 g/mol. The molecule has 0 radical (unpaired) electrons. The number of morpholine rings is 1. The maximum atomic E-state index is 13.3. The zero-order valence-electron chi connectivity index (χ0n) is 18.7. The van der Waals surface area contributed by atoms with E-state index in [2.05, 4.69) is 18.7 Å². The normalized spacial score (nSPS) is 25.3. The number of piperidine rings is 1. The van der Waals surface area contributed by atoms with Crippen LogP contribution in [0.15, 0.2) is 4.79 Å². The van der Waals surface area contributed by atoms with Crippen molar-refractivity contribution in [2.75, 3.05) is 32.7 Å². The summed E-state index contributed by atoms with van der Waals surface area (Å²) in [7, 11) is 0. The van der Waals surface area contributed by atoms with Gasteiger partial charge in [0, 0.05) is 45.7 Å². The first kappa shape index (κ1) is 21.1. The van der Waals surface area contributed by atoms with E-state index >= 15 is 0 Å². The van der Waals surface area contributed by atoms with Gasteiger partial charge in [0.25, 0.3) is 11.5 Å². The topological polar surface area (TPSA) is 67.7 Å². The van der Waals surface area contributed by atoms with Crippen LogP contribution < -0.4 is 5.56 Å². The van der Waals surface area contributed by atoms with E-state index in [4.69, 9.17) is 9.72 Å². The Bertz CT molecular complexity index is 1040. The van der Waals surface area contributed by atoms with Gasteiger partial charge in [0.1, 0.15) is 10.7 Å². The van der Waals surface area contributed by atoms with Crippen LogP contribution in [0.5, 0.6) is 0 Å². The van der Waals surface area contributed by atoms with E-state index in [9.17, 15) is 9.59 Å². The summed E-state index contributed by atoms with van der Waals surface area (Å²) in [6, 6.07) is 0. The lowest BCUT2D eigenvalue weighted by molar-refractivity contribution is -0.0728. The highest BCUT2D eigenvalue weighted by atomic mass is 32.1. The summed E-state index contributed by atoms with van der Waals surface area (Å²) >= 11 is 1.40. The first-order valence-electron chi connectivity index (χ1n) is 11.6. The third kappa shape index (κ3) is 3.94. The van der Waals surface area contributed by atoms with Crippen LogP contribution in [0.3, 0.4) is 0 Å².